The molecule has 0 spiro atoms. The lowest BCUT2D eigenvalue weighted by molar-refractivity contribution is -0.117. The third kappa shape index (κ3) is 3.59. The molecule has 0 unspecified atom stereocenters. The van der Waals surface area contributed by atoms with Gasteiger partial charge in [-0.2, -0.15) is 4.99 Å². The molecule has 0 radical (unpaired) electrons. The van der Waals surface area contributed by atoms with Gasteiger partial charge >= 0.3 is 0 Å². The maximum atomic E-state index is 11.9. The van der Waals surface area contributed by atoms with Gasteiger partial charge in [-0.1, -0.05) is 30.8 Å². The lowest BCUT2D eigenvalue weighted by atomic mass is 10.1. The van der Waals surface area contributed by atoms with Crippen LogP contribution in [0.15, 0.2) is 29.3 Å². The number of methoxy groups -OCH3 is 1. The highest BCUT2D eigenvalue weighted by atomic mass is 32.2. The fraction of sp³-hybridized carbons (Fsp3) is 0.500. The number of sulfone groups is 1. The van der Waals surface area contributed by atoms with Crippen LogP contribution in [0.2, 0.25) is 0 Å². The minimum atomic E-state index is -3.02. The zero-order chi connectivity index (χ0) is 17.3. The Hall–Kier alpha value is -1.54. The molecule has 2 atom stereocenters. The van der Waals surface area contributed by atoms with E-state index in [4.69, 9.17) is 4.74 Å². The molecule has 0 aromatic heterocycles. The zero-order valence-corrected chi connectivity index (χ0v) is 15.3. The summed E-state index contributed by atoms with van der Waals surface area (Å²) < 4.78 is 29.1. The van der Waals surface area contributed by atoms with Crippen LogP contribution in [-0.2, 0) is 21.2 Å². The number of amides is 1. The summed E-state index contributed by atoms with van der Waals surface area (Å²) in [6, 6.07) is 7.51. The van der Waals surface area contributed by atoms with Crippen molar-refractivity contribution in [2.45, 2.75) is 31.2 Å². The van der Waals surface area contributed by atoms with Crippen LogP contribution in [-0.4, -0.2) is 54.3 Å². The van der Waals surface area contributed by atoms with Crippen LogP contribution in [0.4, 0.5) is 0 Å². The van der Waals surface area contributed by atoms with Gasteiger partial charge in [0.1, 0.15) is 5.75 Å². The van der Waals surface area contributed by atoms with E-state index in [1.165, 1.54) is 11.8 Å². The molecule has 2 aliphatic heterocycles. The first-order valence-corrected chi connectivity index (χ1v) is 10.5. The van der Waals surface area contributed by atoms with E-state index in [1.807, 2.05) is 29.2 Å². The number of fused-ring (bicyclic) bond motifs is 1. The van der Waals surface area contributed by atoms with Gasteiger partial charge in [-0.15, -0.1) is 0 Å². The van der Waals surface area contributed by atoms with Gasteiger partial charge in [0.15, 0.2) is 15.0 Å². The molecule has 0 saturated carbocycles. The minimum absolute atomic E-state index is 0.0448. The van der Waals surface area contributed by atoms with E-state index in [0.29, 0.717) is 18.1 Å². The number of carbonyl (C=O) groups is 1. The van der Waals surface area contributed by atoms with E-state index < -0.39 is 9.84 Å². The van der Waals surface area contributed by atoms with Crippen molar-refractivity contribution in [3.8, 4) is 5.75 Å². The van der Waals surface area contributed by atoms with Crippen LogP contribution >= 0.6 is 11.8 Å². The molecule has 1 aromatic carbocycles. The number of rotatable bonds is 4. The summed E-state index contributed by atoms with van der Waals surface area (Å²) in [4.78, 5) is 17.9. The Balaban J connectivity index is 1.86. The van der Waals surface area contributed by atoms with Crippen LogP contribution in [0.3, 0.4) is 0 Å². The van der Waals surface area contributed by atoms with Gasteiger partial charge in [0.25, 0.3) is 0 Å². The highest BCUT2D eigenvalue weighted by Gasteiger charge is 2.48. The Morgan fingerprint density at radius 3 is 2.67 bits per heavy atom. The SMILES string of the molecule is CCC(=O)N=C1S[C@@H]2CS(=O)(=O)C[C@@H]2N1Cc1ccc(OC)cc1. The molecule has 2 aliphatic rings. The second-order valence-electron chi connectivity index (χ2n) is 5.92. The summed E-state index contributed by atoms with van der Waals surface area (Å²) in [5, 5.41) is 0.597. The highest BCUT2D eigenvalue weighted by molar-refractivity contribution is 8.15. The van der Waals surface area contributed by atoms with Crippen molar-refractivity contribution in [2.75, 3.05) is 18.6 Å². The van der Waals surface area contributed by atoms with Crippen LogP contribution in [0.1, 0.15) is 18.9 Å². The molecule has 1 aromatic rings. The second-order valence-corrected chi connectivity index (χ2v) is 9.28. The molecule has 0 N–H and O–H groups in total. The van der Waals surface area contributed by atoms with Crippen molar-refractivity contribution in [3.05, 3.63) is 29.8 Å². The van der Waals surface area contributed by atoms with Gasteiger partial charge < -0.3 is 9.64 Å². The molecular formula is C16H20N2O4S2. The first-order chi connectivity index (χ1) is 11.4. The lowest BCUT2D eigenvalue weighted by Gasteiger charge is -2.24. The fourth-order valence-electron chi connectivity index (χ4n) is 2.93. The van der Waals surface area contributed by atoms with Gasteiger partial charge in [0.2, 0.25) is 5.91 Å². The molecule has 0 aliphatic carbocycles. The molecule has 130 valence electrons. The zero-order valence-electron chi connectivity index (χ0n) is 13.6. The van der Waals surface area contributed by atoms with E-state index in [1.54, 1.807) is 14.0 Å². The van der Waals surface area contributed by atoms with Crippen LogP contribution in [0.5, 0.6) is 5.75 Å². The number of hydrogen-bond acceptors (Lipinski definition) is 5. The Morgan fingerprint density at radius 1 is 1.33 bits per heavy atom. The first-order valence-electron chi connectivity index (χ1n) is 7.80. The molecule has 24 heavy (non-hydrogen) atoms. The summed E-state index contributed by atoms with van der Waals surface area (Å²) in [6.45, 7) is 2.30. The molecule has 6 nitrogen and oxygen atoms in total. The van der Waals surface area contributed by atoms with Gasteiger partial charge in [0.05, 0.1) is 24.7 Å². The first kappa shape index (κ1) is 17.3. The van der Waals surface area contributed by atoms with Crippen molar-refractivity contribution in [1.82, 2.24) is 4.90 Å². The topological polar surface area (TPSA) is 76.0 Å². The van der Waals surface area contributed by atoms with E-state index in [-0.39, 0.29) is 28.7 Å². The number of nitrogens with zero attached hydrogens (tertiary/aromatic N) is 2. The molecular weight excluding hydrogens is 348 g/mol. The van der Waals surface area contributed by atoms with Gasteiger partial charge in [0, 0.05) is 18.2 Å². The number of carbonyl (C=O) groups excluding carboxylic acids is 1. The Kier molecular flexibility index (Phi) is 4.87. The van der Waals surface area contributed by atoms with Crippen LogP contribution in [0, 0.1) is 0 Å². The van der Waals surface area contributed by atoms with E-state index >= 15 is 0 Å². The van der Waals surface area contributed by atoms with Crippen molar-refractivity contribution >= 4 is 32.7 Å². The largest absolute Gasteiger partial charge is 0.497 e. The smallest absolute Gasteiger partial charge is 0.247 e. The Bertz CT molecular complexity index is 759. The number of ether oxygens (including phenoxy) is 1. The summed E-state index contributed by atoms with van der Waals surface area (Å²) in [7, 11) is -1.41. The summed E-state index contributed by atoms with van der Waals surface area (Å²) in [6.07, 6.45) is 0.341. The lowest BCUT2D eigenvalue weighted by Crippen LogP contribution is -2.37. The van der Waals surface area contributed by atoms with Gasteiger partial charge in [-0.25, -0.2) is 8.42 Å². The molecule has 3 rings (SSSR count). The predicted molar refractivity (Wildman–Crippen MR) is 95.1 cm³/mol. The van der Waals surface area contributed by atoms with E-state index in [2.05, 4.69) is 4.99 Å². The third-order valence-electron chi connectivity index (χ3n) is 4.21. The van der Waals surface area contributed by atoms with E-state index in [9.17, 15) is 13.2 Å². The summed E-state index contributed by atoms with van der Waals surface area (Å²) in [5.74, 6) is 0.868. The molecule has 2 saturated heterocycles. The Morgan fingerprint density at radius 2 is 2.04 bits per heavy atom. The molecule has 8 heteroatoms. The minimum Gasteiger partial charge on any atom is -0.497 e. The second kappa shape index (κ2) is 6.76. The van der Waals surface area contributed by atoms with Crippen molar-refractivity contribution in [2.24, 2.45) is 4.99 Å². The quantitative estimate of drug-likeness (QED) is 0.805. The molecule has 2 heterocycles. The van der Waals surface area contributed by atoms with E-state index in [0.717, 1.165) is 11.3 Å². The van der Waals surface area contributed by atoms with Gasteiger partial charge in [-0.3, -0.25) is 4.79 Å². The average Bonchev–Trinajstić information content (AvgIpc) is 3.01. The molecule has 1 amide bonds. The third-order valence-corrected chi connectivity index (χ3v) is 7.46. The maximum Gasteiger partial charge on any atom is 0.247 e. The predicted octanol–water partition coefficient (Wildman–Crippen LogP) is 1.70. The van der Waals surface area contributed by atoms with Gasteiger partial charge in [-0.05, 0) is 17.7 Å². The summed E-state index contributed by atoms with van der Waals surface area (Å²) >= 11 is 1.41. The Labute approximate surface area is 146 Å². The molecule has 0 bridgehead atoms. The van der Waals surface area contributed by atoms with Crippen LogP contribution in [0.25, 0.3) is 0 Å². The normalized spacial score (nSPS) is 26.6. The fourth-order valence-corrected chi connectivity index (χ4v) is 6.90. The maximum absolute atomic E-state index is 11.9. The summed E-state index contributed by atoms with van der Waals surface area (Å²) in [5.41, 5.74) is 1.03. The monoisotopic (exact) mass is 368 g/mol. The van der Waals surface area contributed by atoms with Crippen molar-refractivity contribution < 1.29 is 17.9 Å². The van der Waals surface area contributed by atoms with Crippen LogP contribution < -0.4 is 4.74 Å². The number of thioether (sulfide) groups is 1. The number of aliphatic imine (C=N–C) groups is 1. The highest BCUT2D eigenvalue weighted by Crippen LogP contribution is 2.39. The number of amidine groups is 1. The number of hydrogen-bond donors (Lipinski definition) is 0. The standard InChI is InChI=1S/C16H20N2O4S2/c1-3-15(19)17-16-18(8-11-4-6-12(22-2)7-5-11)13-9-24(20,21)10-14(13)23-16/h4-7,13-14H,3,8-10H2,1-2H3/t13-,14+/m0/s1. The average molecular weight is 368 g/mol. The van der Waals surface area contributed by atoms with Crippen molar-refractivity contribution in [1.29, 1.82) is 0 Å². The molecule has 2 fully saturated rings. The number of benzene rings is 1. The van der Waals surface area contributed by atoms with Crippen molar-refractivity contribution in [3.63, 3.8) is 0 Å².